The summed E-state index contributed by atoms with van der Waals surface area (Å²) in [6, 6.07) is 10.8. The van der Waals surface area contributed by atoms with Crippen LogP contribution in [0.2, 0.25) is 0 Å². The van der Waals surface area contributed by atoms with Crippen molar-refractivity contribution in [3.05, 3.63) is 69.8 Å². The predicted octanol–water partition coefficient (Wildman–Crippen LogP) is 2.66. The number of nitrogens with one attached hydrogen (secondary N) is 2. The fourth-order valence-electron chi connectivity index (χ4n) is 2.79. The van der Waals surface area contributed by atoms with Gasteiger partial charge in [-0.15, -0.1) is 0 Å². The Kier molecular flexibility index (Phi) is 5.40. The molecule has 0 bridgehead atoms. The molecule has 1 amide bonds. The summed E-state index contributed by atoms with van der Waals surface area (Å²) in [5.41, 5.74) is 1.09. The van der Waals surface area contributed by atoms with Crippen LogP contribution in [0.4, 0.5) is 4.39 Å². The van der Waals surface area contributed by atoms with E-state index < -0.39 is 5.82 Å². The van der Waals surface area contributed by atoms with Gasteiger partial charge in [-0.2, -0.15) is 0 Å². The molecule has 0 saturated heterocycles. The molecule has 2 aromatic carbocycles. The molecule has 0 spiro atoms. The van der Waals surface area contributed by atoms with Crippen molar-refractivity contribution in [2.24, 2.45) is 0 Å². The van der Waals surface area contributed by atoms with Crippen LogP contribution < -0.4 is 20.3 Å². The fourth-order valence-corrected chi connectivity index (χ4v) is 2.79. The minimum atomic E-state index is -0.409. The van der Waals surface area contributed by atoms with Crippen molar-refractivity contribution >= 4 is 16.8 Å². The van der Waals surface area contributed by atoms with Gasteiger partial charge in [-0.1, -0.05) is 0 Å². The average Bonchev–Trinajstić information content (AvgIpc) is 2.67. The molecule has 0 atom stereocenters. The van der Waals surface area contributed by atoms with Gasteiger partial charge in [0.2, 0.25) is 0 Å². The van der Waals surface area contributed by atoms with Gasteiger partial charge in [0.1, 0.15) is 5.82 Å². The molecule has 27 heavy (non-hydrogen) atoms. The zero-order chi connectivity index (χ0) is 19.4. The largest absolute Gasteiger partial charge is 0.493 e. The molecule has 3 rings (SSSR count). The number of methoxy groups -OCH3 is 2. The molecule has 7 heteroatoms. The molecule has 3 aromatic rings. The van der Waals surface area contributed by atoms with Gasteiger partial charge in [0.05, 0.1) is 19.7 Å². The van der Waals surface area contributed by atoms with E-state index >= 15 is 0 Å². The van der Waals surface area contributed by atoms with Crippen molar-refractivity contribution in [3.8, 4) is 11.5 Å². The van der Waals surface area contributed by atoms with Crippen molar-refractivity contribution in [1.29, 1.82) is 0 Å². The maximum absolute atomic E-state index is 13.2. The van der Waals surface area contributed by atoms with E-state index in [0.717, 1.165) is 5.39 Å². The summed E-state index contributed by atoms with van der Waals surface area (Å²) in [7, 11) is 3.02. The standard InChI is InChI=1S/C20H19FN2O4/c1-26-17-6-4-13(10-18(17)27-2)19(24)22-8-7-14-9-12-3-5-15(21)11-16(12)23-20(14)25/h3-6,9-11H,7-8H2,1-2H3,(H,22,24)(H,23,25). The summed E-state index contributed by atoms with van der Waals surface area (Å²) in [5.74, 6) is 0.305. The molecule has 0 saturated carbocycles. The highest BCUT2D eigenvalue weighted by atomic mass is 19.1. The molecular weight excluding hydrogens is 351 g/mol. The number of hydrogen-bond donors (Lipinski definition) is 2. The minimum absolute atomic E-state index is 0.281. The van der Waals surface area contributed by atoms with Crippen LogP contribution in [0.3, 0.4) is 0 Å². The number of fused-ring (bicyclic) bond motifs is 1. The SMILES string of the molecule is COc1ccc(C(=O)NCCc2cc3ccc(F)cc3[nH]c2=O)cc1OC. The van der Waals surface area contributed by atoms with Crippen LogP contribution in [0.15, 0.2) is 47.3 Å². The number of H-pyrrole nitrogens is 1. The molecule has 1 heterocycles. The Hall–Kier alpha value is -3.35. The number of carbonyl (C=O) groups is 1. The van der Waals surface area contributed by atoms with Gasteiger partial charge in [0, 0.05) is 17.7 Å². The topological polar surface area (TPSA) is 80.4 Å². The first-order valence-corrected chi connectivity index (χ1v) is 8.33. The first kappa shape index (κ1) is 18.4. The molecule has 0 aliphatic rings. The summed E-state index contributed by atoms with van der Waals surface area (Å²) in [6.07, 6.45) is 0.349. The maximum Gasteiger partial charge on any atom is 0.251 e. The number of aromatic nitrogens is 1. The molecular formula is C20H19FN2O4. The van der Waals surface area contributed by atoms with Crippen LogP contribution in [0, 0.1) is 5.82 Å². The normalized spacial score (nSPS) is 10.6. The molecule has 0 aliphatic carbocycles. The second kappa shape index (κ2) is 7.90. The summed E-state index contributed by atoms with van der Waals surface area (Å²) in [4.78, 5) is 27.1. The van der Waals surface area contributed by atoms with Crippen molar-refractivity contribution < 1.29 is 18.7 Å². The summed E-state index contributed by atoms with van der Waals surface area (Å²) in [5, 5.41) is 3.51. The lowest BCUT2D eigenvalue weighted by atomic mass is 10.1. The lowest BCUT2D eigenvalue weighted by molar-refractivity contribution is 0.0953. The van der Waals surface area contributed by atoms with Gasteiger partial charge in [0.25, 0.3) is 11.5 Å². The molecule has 1 aromatic heterocycles. The molecule has 0 unspecified atom stereocenters. The summed E-state index contributed by atoms with van der Waals surface area (Å²) >= 11 is 0. The van der Waals surface area contributed by atoms with E-state index in [4.69, 9.17) is 9.47 Å². The van der Waals surface area contributed by atoms with Gasteiger partial charge in [-0.25, -0.2) is 4.39 Å². The van der Waals surface area contributed by atoms with E-state index in [1.54, 1.807) is 30.3 Å². The lowest BCUT2D eigenvalue weighted by Crippen LogP contribution is -2.27. The van der Waals surface area contributed by atoms with Gasteiger partial charge < -0.3 is 19.8 Å². The third-order valence-corrected chi connectivity index (χ3v) is 4.21. The third-order valence-electron chi connectivity index (χ3n) is 4.21. The second-order valence-corrected chi connectivity index (χ2v) is 5.93. The highest BCUT2D eigenvalue weighted by molar-refractivity contribution is 5.94. The van der Waals surface area contributed by atoms with Crippen LogP contribution in [-0.4, -0.2) is 31.7 Å². The molecule has 0 radical (unpaired) electrons. The number of halogens is 1. The van der Waals surface area contributed by atoms with Crippen LogP contribution in [0.25, 0.3) is 10.9 Å². The zero-order valence-corrected chi connectivity index (χ0v) is 15.0. The molecule has 2 N–H and O–H groups in total. The van der Waals surface area contributed by atoms with Crippen LogP contribution >= 0.6 is 0 Å². The smallest absolute Gasteiger partial charge is 0.251 e. The summed E-state index contributed by atoms with van der Waals surface area (Å²) < 4.78 is 23.6. The summed E-state index contributed by atoms with van der Waals surface area (Å²) in [6.45, 7) is 0.281. The van der Waals surface area contributed by atoms with E-state index in [-0.39, 0.29) is 18.0 Å². The Morgan fingerprint density at radius 1 is 1.07 bits per heavy atom. The number of pyridine rings is 1. The first-order chi connectivity index (χ1) is 13.0. The highest BCUT2D eigenvalue weighted by Crippen LogP contribution is 2.27. The van der Waals surface area contributed by atoms with E-state index in [2.05, 4.69) is 10.3 Å². The number of hydrogen-bond acceptors (Lipinski definition) is 4. The predicted molar refractivity (Wildman–Crippen MR) is 100 cm³/mol. The Morgan fingerprint density at radius 2 is 1.85 bits per heavy atom. The highest BCUT2D eigenvalue weighted by Gasteiger charge is 2.11. The van der Waals surface area contributed by atoms with Crippen molar-refractivity contribution in [2.75, 3.05) is 20.8 Å². The first-order valence-electron chi connectivity index (χ1n) is 8.33. The van der Waals surface area contributed by atoms with E-state index in [9.17, 15) is 14.0 Å². The number of ether oxygens (including phenoxy) is 2. The lowest BCUT2D eigenvalue weighted by Gasteiger charge is -2.10. The van der Waals surface area contributed by atoms with Gasteiger partial charge >= 0.3 is 0 Å². The van der Waals surface area contributed by atoms with Gasteiger partial charge in [-0.3, -0.25) is 9.59 Å². The zero-order valence-electron chi connectivity index (χ0n) is 15.0. The van der Waals surface area contributed by atoms with Crippen molar-refractivity contribution in [3.63, 3.8) is 0 Å². The Balaban J connectivity index is 1.68. The van der Waals surface area contributed by atoms with E-state index in [1.807, 2.05) is 0 Å². The van der Waals surface area contributed by atoms with E-state index in [1.165, 1.54) is 26.4 Å². The number of amides is 1. The number of aromatic amines is 1. The Labute approximate surface area is 154 Å². The molecule has 140 valence electrons. The van der Waals surface area contributed by atoms with Gasteiger partial charge in [0.15, 0.2) is 11.5 Å². The molecule has 0 aliphatic heterocycles. The minimum Gasteiger partial charge on any atom is -0.493 e. The number of rotatable bonds is 6. The molecule has 6 nitrogen and oxygen atoms in total. The quantitative estimate of drug-likeness (QED) is 0.699. The van der Waals surface area contributed by atoms with E-state index in [0.29, 0.717) is 34.6 Å². The van der Waals surface area contributed by atoms with Crippen LogP contribution in [0.1, 0.15) is 15.9 Å². The van der Waals surface area contributed by atoms with Crippen molar-refractivity contribution in [1.82, 2.24) is 10.3 Å². The van der Waals surface area contributed by atoms with Gasteiger partial charge in [-0.05, 0) is 54.3 Å². The fraction of sp³-hybridized carbons (Fsp3) is 0.200. The molecule has 0 fully saturated rings. The number of carbonyl (C=O) groups excluding carboxylic acids is 1. The number of benzene rings is 2. The van der Waals surface area contributed by atoms with Crippen LogP contribution in [-0.2, 0) is 6.42 Å². The Morgan fingerprint density at radius 3 is 2.59 bits per heavy atom. The second-order valence-electron chi connectivity index (χ2n) is 5.93. The average molecular weight is 370 g/mol. The van der Waals surface area contributed by atoms with Crippen LogP contribution in [0.5, 0.6) is 11.5 Å². The monoisotopic (exact) mass is 370 g/mol. The van der Waals surface area contributed by atoms with Crippen molar-refractivity contribution in [2.45, 2.75) is 6.42 Å². The third kappa shape index (κ3) is 4.08. The Bertz CT molecular complexity index is 1050. The maximum atomic E-state index is 13.2.